The second kappa shape index (κ2) is 5.64. The Bertz CT molecular complexity index is 559. The van der Waals surface area contributed by atoms with Crippen molar-refractivity contribution in [2.24, 2.45) is 0 Å². The van der Waals surface area contributed by atoms with Crippen LogP contribution in [0.4, 0.5) is 5.69 Å². The first-order valence-electron chi connectivity index (χ1n) is 7.77. The van der Waals surface area contributed by atoms with Gasteiger partial charge in [-0.25, -0.2) is 4.79 Å². The van der Waals surface area contributed by atoms with Crippen LogP contribution in [0.1, 0.15) is 41.0 Å². The van der Waals surface area contributed by atoms with Gasteiger partial charge in [0, 0.05) is 31.4 Å². The quantitative estimate of drug-likeness (QED) is 0.903. The standard InChI is InChI=1S/C16H23N3O2/c1-11-9-14(15(16(20)21)12(2)17-11)19-8-7-18-6-4-3-5-13(18)10-19/h9,13H,3-8,10H2,1-2H3,(H,20,21). The molecular formula is C16H23N3O2. The first kappa shape index (κ1) is 14.3. The molecule has 2 aliphatic heterocycles. The van der Waals surface area contributed by atoms with Crippen molar-refractivity contribution in [2.75, 3.05) is 31.1 Å². The van der Waals surface area contributed by atoms with Crippen LogP contribution in [0.2, 0.25) is 0 Å². The van der Waals surface area contributed by atoms with E-state index in [-0.39, 0.29) is 0 Å². The van der Waals surface area contributed by atoms with Crippen LogP contribution in [0, 0.1) is 13.8 Å². The van der Waals surface area contributed by atoms with Crippen LogP contribution < -0.4 is 4.90 Å². The van der Waals surface area contributed by atoms with Gasteiger partial charge >= 0.3 is 5.97 Å². The molecule has 0 radical (unpaired) electrons. The minimum Gasteiger partial charge on any atom is -0.478 e. The summed E-state index contributed by atoms with van der Waals surface area (Å²) in [5, 5.41) is 9.52. The smallest absolute Gasteiger partial charge is 0.339 e. The lowest BCUT2D eigenvalue weighted by atomic mass is 9.98. The zero-order chi connectivity index (χ0) is 15.0. The summed E-state index contributed by atoms with van der Waals surface area (Å²) in [5.74, 6) is -0.874. The summed E-state index contributed by atoms with van der Waals surface area (Å²) in [4.78, 5) is 20.7. The molecule has 1 atom stereocenters. The van der Waals surface area contributed by atoms with E-state index in [1.807, 2.05) is 13.0 Å². The number of fused-ring (bicyclic) bond motifs is 1. The molecule has 2 saturated heterocycles. The molecule has 1 unspecified atom stereocenters. The van der Waals surface area contributed by atoms with Crippen LogP contribution in [-0.2, 0) is 0 Å². The van der Waals surface area contributed by atoms with Crippen molar-refractivity contribution in [1.82, 2.24) is 9.88 Å². The predicted octanol–water partition coefficient (Wildman–Crippen LogP) is 2.07. The van der Waals surface area contributed by atoms with Gasteiger partial charge in [-0.1, -0.05) is 6.42 Å². The molecule has 3 rings (SSSR count). The molecule has 114 valence electrons. The summed E-state index contributed by atoms with van der Waals surface area (Å²) in [6.07, 6.45) is 3.81. The van der Waals surface area contributed by atoms with Gasteiger partial charge in [0.1, 0.15) is 5.56 Å². The lowest BCUT2D eigenvalue weighted by Crippen LogP contribution is -2.55. The van der Waals surface area contributed by atoms with Gasteiger partial charge in [-0.15, -0.1) is 0 Å². The molecule has 0 aliphatic carbocycles. The second-order valence-corrected chi connectivity index (χ2v) is 6.18. The lowest BCUT2D eigenvalue weighted by molar-refractivity contribution is 0.0695. The molecule has 1 aromatic heterocycles. The van der Waals surface area contributed by atoms with Gasteiger partial charge in [0.25, 0.3) is 0 Å². The van der Waals surface area contributed by atoms with E-state index in [1.54, 1.807) is 6.92 Å². The van der Waals surface area contributed by atoms with E-state index >= 15 is 0 Å². The summed E-state index contributed by atoms with van der Waals surface area (Å²) in [5.41, 5.74) is 2.71. The Morgan fingerprint density at radius 1 is 1.29 bits per heavy atom. The van der Waals surface area contributed by atoms with Gasteiger partial charge in [0.2, 0.25) is 0 Å². The number of rotatable bonds is 2. The molecule has 3 heterocycles. The van der Waals surface area contributed by atoms with E-state index in [0.717, 1.165) is 31.0 Å². The average molecular weight is 289 g/mol. The number of carboxylic acid groups (broad SMARTS) is 1. The highest BCUT2D eigenvalue weighted by Gasteiger charge is 2.31. The minimum absolute atomic E-state index is 0.366. The number of pyridine rings is 1. The molecule has 0 saturated carbocycles. The Morgan fingerprint density at radius 2 is 2.10 bits per heavy atom. The SMILES string of the molecule is Cc1cc(N2CCN3CCCCC3C2)c(C(=O)O)c(C)n1. The van der Waals surface area contributed by atoms with E-state index in [0.29, 0.717) is 17.3 Å². The maximum Gasteiger partial charge on any atom is 0.339 e. The zero-order valence-electron chi connectivity index (χ0n) is 12.8. The van der Waals surface area contributed by atoms with Gasteiger partial charge < -0.3 is 10.0 Å². The Labute approximate surface area is 125 Å². The fraction of sp³-hybridized carbons (Fsp3) is 0.625. The molecule has 5 heteroatoms. The van der Waals surface area contributed by atoms with Gasteiger partial charge in [0.15, 0.2) is 0 Å². The number of piperazine rings is 1. The molecule has 1 N–H and O–H groups in total. The number of anilines is 1. The summed E-state index contributed by atoms with van der Waals surface area (Å²) < 4.78 is 0. The van der Waals surface area contributed by atoms with E-state index in [4.69, 9.17) is 0 Å². The van der Waals surface area contributed by atoms with Crippen molar-refractivity contribution >= 4 is 11.7 Å². The minimum atomic E-state index is -0.874. The lowest BCUT2D eigenvalue weighted by Gasteiger charge is -2.45. The van der Waals surface area contributed by atoms with Crippen molar-refractivity contribution in [3.63, 3.8) is 0 Å². The predicted molar refractivity (Wildman–Crippen MR) is 82.1 cm³/mol. The van der Waals surface area contributed by atoms with Gasteiger partial charge in [0.05, 0.1) is 11.4 Å². The first-order chi connectivity index (χ1) is 10.1. The first-order valence-corrected chi connectivity index (χ1v) is 7.77. The summed E-state index contributed by atoms with van der Waals surface area (Å²) in [7, 11) is 0. The van der Waals surface area contributed by atoms with Crippen LogP contribution in [0.3, 0.4) is 0 Å². The highest BCUT2D eigenvalue weighted by atomic mass is 16.4. The molecule has 0 aromatic carbocycles. The summed E-state index contributed by atoms with van der Waals surface area (Å²) >= 11 is 0. The van der Waals surface area contributed by atoms with Crippen molar-refractivity contribution in [3.05, 3.63) is 23.0 Å². The fourth-order valence-corrected chi connectivity index (χ4v) is 3.70. The maximum atomic E-state index is 11.6. The van der Waals surface area contributed by atoms with E-state index in [9.17, 15) is 9.90 Å². The number of aromatic nitrogens is 1. The zero-order valence-corrected chi connectivity index (χ0v) is 12.8. The topological polar surface area (TPSA) is 56.7 Å². The third-order valence-electron chi connectivity index (χ3n) is 4.70. The molecule has 5 nitrogen and oxygen atoms in total. The van der Waals surface area contributed by atoms with E-state index in [1.165, 1.54) is 25.8 Å². The Hall–Kier alpha value is -1.62. The van der Waals surface area contributed by atoms with Crippen molar-refractivity contribution < 1.29 is 9.90 Å². The number of hydrogen-bond donors (Lipinski definition) is 1. The molecule has 1 aromatic rings. The average Bonchev–Trinajstić information content (AvgIpc) is 2.45. The number of carbonyl (C=O) groups is 1. The number of carboxylic acids is 1. The largest absolute Gasteiger partial charge is 0.478 e. The van der Waals surface area contributed by atoms with Gasteiger partial charge in [-0.2, -0.15) is 0 Å². The monoisotopic (exact) mass is 289 g/mol. The Kier molecular flexibility index (Phi) is 3.85. The highest BCUT2D eigenvalue weighted by Crippen LogP contribution is 2.29. The third kappa shape index (κ3) is 2.75. The maximum absolute atomic E-state index is 11.6. The number of hydrogen-bond acceptors (Lipinski definition) is 4. The second-order valence-electron chi connectivity index (χ2n) is 6.18. The highest BCUT2D eigenvalue weighted by molar-refractivity contribution is 5.95. The molecule has 21 heavy (non-hydrogen) atoms. The van der Waals surface area contributed by atoms with Crippen LogP contribution in [0.15, 0.2) is 6.07 Å². The van der Waals surface area contributed by atoms with Gasteiger partial charge in [-0.3, -0.25) is 9.88 Å². The molecule has 2 aliphatic rings. The van der Waals surface area contributed by atoms with Crippen LogP contribution >= 0.6 is 0 Å². The van der Waals surface area contributed by atoms with Crippen molar-refractivity contribution in [2.45, 2.75) is 39.2 Å². The van der Waals surface area contributed by atoms with Gasteiger partial charge in [-0.05, 0) is 39.3 Å². The van der Waals surface area contributed by atoms with Crippen molar-refractivity contribution in [3.8, 4) is 0 Å². The fourth-order valence-electron chi connectivity index (χ4n) is 3.70. The number of nitrogens with zero attached hydrogens (tertiary/aromatic N) is 3. The van der Waals surface area contributed by atoms with Crippen LogP contribution in [-0.4, -0.2) is 53.2 Å². The molecule has 0 spiro atoms. The van der Waals surface area contributed by atoms with Crippen LogP contribution in [0.25, 0.3) is 0 Å². The number of aryl methyl sites for hydroxylation is 2. The number of piperidine rings is 1. The molecule has 2 fully saturated rings. The number of aromatic carboxylic acids is 1. The molecule has 0 bridgehead atoms. The van der Waals surface area contributed by atoms with E-state index < -0.39 is 5.97 Å². The third-order valence-corrected chi connectivity index (χ3v) is 4.70. The molecular weight excluding hydrogens is 266 g/mol. The molecule has 0 amide bonds. The Morgan fingerprint density at radius 3 is 2.86 bits per heavy atom. The summed E-state index contributed by atoms with van der Waals surface area (Å²) in [6.45, 7) is 7.78. The summed E-state index contributed by atoms with van der Waals surface area (Å²) in [6, 6.07) is 2.50. The van der Waals surface area contributed by atoms with E-state index in [2.05, 4.69) is 14.8 Å². The van der Waals surface area contributed by atoms with Crippen molar-refractivity contribution in [1.29, 1.82) is 0 Å². The normalized spacial score (nSPS) is 23.0. The van der Waals surface area contributed by atoms with Crippen LogP contribution in [0.5, 0.6) is 0 Å². The Balaban J connectivity index is 1.91.